The number of nitrogens with zero attached hydrogens (tertiary/aromatic N) is 3. The Morgan fingerprint density at radius 2 is 1.77 bits per heavy atom. The van der Waals surface area contributed by atoms with Crippen molar-refractivity contribution in [3.8, 4) is 5.75 Å². The van der Waals surface area contributed by atoms with Gasteiger partial charge in [0.15, 0.2) is 5.75 Å². The van der Waals surface area contributed by atoms with Crippen molar-refractivity contribution in [1.82, 2.24) is 9.97 Å². The summed E-state index contributed by atoms with van der Waals surface area (Å²) in [7, 11) is -2.62. The molecular formula is C18H15N5O6S. The Balaban J connectivity index is 1.75. The Morgan fingerprint density at radius 3 is 2.37 bits per heavy atom. The lowest BCUT2D eigenvalue weighted by molar-refractivity contribution is -0.385. The van der Waals surface area contributed by atoms with Gasteiger partial charge in [0.25, 0.3) is 15.9 Å². The zero-order chi connectivity index (χ0) is 21.7. The summed E-state index contributed by atoms with van der Waals surface area (Å²) >= 11 is 0. The van der Waals surface area contributed by atoms with E-state index in [9.17, 15) is 23.3 Å². The van der Waals surface area contributed by atoms with Crippen LogP contribution in [0.15, 0.2) is 65.8 Å². The Bertz CT molecular complexity index is 1180. The number of hydrogen-bond acceptors (Lipinski definition) is 8. The van der Waals surface area contributed by atoms with Crippen LogP contribution in [-0.4, -0.2) is 36.3 Å². The number of nitro benzene ring substituents is 1. The van der Waals surface area contributed by atoms with E-state index in [0.717, 1.165) is 6.07 Å². The molecule has 154 valence electrons. The molecule has 0 unspecified atom stereocenters. The molecule has 1 heterocycles. The maximum Gasteiger partial charge on any atom is 0.311 e. The van der Waals surface area contributed by atoms with E-state index < -0.39 is 20.9 Å². The fourth-order valence-corrected chi connectivity index (χ4v) is 3.38. The van der Waals surface area contributed by atoms with Crippen molar-refractivity contribution in [2.45, 2.75) is 4.90 Å². The van der Waals surface area contributed by atoms with E-state index in [0.29, 0.717) is 5.69 Å². The zero-order valence-electron chi connectivity index (χ0n) is 15.5. The van der Waals surface area contributed by atoms with Crippen molar-refractivity contribution >= 4 is 33.3 Å². The van der Waals surface area contributed by atoms with Crippen molar-refractivity contribution in [1.29, 1.82) is 0 Å². The molecule has 1 amide bonds. The van der Waals surface area contributed by atoms with E-state index in [4.69, 9.17) is 4.74 Å². The quantitative estimate of drug-likeness (QED) is 0.429. The number of anilines is 2. The molecule has 11 nitrogen and oxygen atoms in total. The second-order valence-electron chi connectivity index (χ2n) is 5.80. The number of carbonyl (C=O) groups excluding carboxylic acids is 1. The Kier molecular flexibility index (Phi) is 5.88. The highest BCUT2D eigenvalue weighted by atomic mass is 32.2. The van der Waals surface area contributed by atoms with E-state index in [1.165, 1.54) is 55.9 Å². The molecule has 0 saturated carbocycles. The molecule has 3 aromatic rings. The number of ether oxygens (including phenoxy) is 1. The van der Waals surface area contributed by atoms with Crippen LogP contribution in [0.5, 0.6) is 5.75 Å². The van der Waals surface area contributed by atoms with Crippen molar-refractivity contribution in [2.75, 3.05) is 17.1 Å². The Labute approximate surface area is 171 Å². The molecule has 0 aliphatic carbocycles. The van der Waals surface area contributed by atoms with Gasteiger partial charge in [-0.25, -0.2) is 23.1 Å². The van der Waals surface area contributed by atoms with Crippen LogP contribution in [0, 0.1) is 10.1 Å². The van der Waals surface area contributed by atoms with E-state index >= 15 is 0 Å². The molecule has 0 saturated heterocycles. The van der Waals surface area contributed by atoms with Crippen LogP contribution < -0.4 is 14.8 Å². The third-order valence-electron chi connectivity index (χ3n) is 3.85. The molecular weight excluding hydrogens is 414 g/mol. The monoisotopic (exact) mass is 429 g/mol. The maximum absolute atomic E-state index is 12.4. The van der Waals surface area contributed by atoms with Gasteiger partial charge in [-0.3, -0.25) is 14.9 Å². The van der Waals surface area contributed by atoms with Gasteiger partial charge in [-0.2, -0.15) is 0 Å². The molecule has 0 radical (unpaired) electrons. The van der Waals surface area contributed by atoms with E-state index in [-0.39, 0.29) is 27.8 Å². The number of benzene rings is 2. The van der Waals surface area contributed by atoms with E-state index in [2.05, 4.69) is 20.0 Å². The molecule has 12 heteroatoms. The first-order chi connectivity index (χ1) is 14.3. The summed E-state index contributed by atoms with van der Waals surface area (Å²) in [6, 6.07) is 10.7. The zero-order valence-corrected chi connectivity index (χ0v) is 16.3. The van der Waals surface area contributed by atoms with Gasteiger partial charge >= 0.3 is 5.69 Å². The number of nitro groups is 1. The fraction of sp³-hybridized carbons (Fsp3) is 0.0556. The molecule has 0 aliphatic heterocycles. The minimum Gasteiger partial charge on any atom is -0.490 e. The third-order valence-corrected chi connectivity index (χ3v) is 5.20. The molecule has 0 aliphatic rings. The maximum atomic E-state index is 12.4. The predicted octanol–water partition coefficient (Wildman–Crippen LogP) is 2.45. The van der Waals surface area contributed by atoms with Gasteiger partial charge < -0.3 is 10.1 Å². The van der Waals surface area contributed by atoms with E-state index in [1.807, 2.05) is 0 Å². The molecule has 2 N–H and O–H groups in total. The highest BCUT2D eigenvalue weighted by Gasteiger charge is 2.19. The highest BCUT2D eigenvalue weighted by molar-refractivity contribution is 7.92. The lowest BCUT2D eigenvalue weighted by Crippen LogP contribution is -2.15. The minimum atomic E-state index is -3.91. The first kappa shape index (κ1) is 20.7. The Hall–Kier alpha value is -4.06. The molecule has 0 fully saturated rings. The average Bonchev–Trinajstić information content (AvgIpc) is 2.74. The summed E-state index contributed by atoms with van der Waals surface area (Å²) in [6.07, 6.45) is 2.79. The van der Waals surface area contributed by atoms with Crippen LogP contribution in [-0.2, 0) is 10.0 Å². The van der Waals surface area contributed by atoms with Gasteiger partial charge in [0.1, 0.15) is 0 Å². The number of hydrogen-bond donors (Lipinski definition) is 2. The Morgan fingerprint density at radius 1 is 1.10 bits per heavy atom. The van der Waals surface area contributed by atoms with Crippen LogP contribution in [0.25, 0.3) is 0 Å². The number of rotatable bonds is 7. The van der Waals surface area contributed by atoms with Crippen LogP contribution in [0.3, 0.4) is 0 Å². The van der Waals surface area contributed by atoms with Crippen molar-refractivity contribution in [3.05, 3.63) is 76.6 Å². The molecule has 30 heavy (non-hydrogen) atoms. The summed E-state index contributed by atoms with van der Waals surface area (Å²) < 4.78 is 31.9. The molecule has 3 rings (SSSR count). The lowest BCUT2D eigenvalue weighted by atomic mass is 10.1. The molecule has 2 aromatic carbocycles. The summed E-state index contributed by atoms with van der Waals surface area (Å²) in [5.74, 6) is -0.649. The molecule has 0 atom stereocenters. The topological polar surface area (TPSA) is 153 Å². The smallest absolute Gasteiger partial charge is 0.311 e. The summed E-state index contributed by atoms with van der Waals surface area (Å²) in [5.41, 5.74) is -0.00345. The third kappa shape index (κ3) is 4.67. The first-order valence-corrected chi connectivity index (χ1v) is 9.82. The minimum absolute atomic E-state index is 0.0287. The van der Waals surface area contributed by atoms with Gasteiger partial charge in [0.05, 0.1) is 16.9 Å². The second kappa shape index (κ2) is 8.53. The highest BCUT2D eigenvalue weighted by Crippen LogP contribution is 2.28. The second-order valence-corrected chi connectivity index (χ2v) is 7.48. The first-order valence-electron chi connectivity index (χ1n) is 8.34. The van der Waals surface area contributed by atoms with Gasteiger partial charge in [-0.15, -0.1) is 0 Å². The van der Waals surface area contributed by atoms with Gasteiger partial charge in [-0.05, 0) is 42.5 Å². The lowest BCUT2D eigenvalue weighted by Gasteiger charge is -2.09. The van der Waals surface area contributed by atoms with Crippen molar-refractivity contribution in [3.63, 3.8) is 0 Å². The molecule has 0 bridgehead atoms. The van der Waals surface area contributed by atoms with Crippen LogP contribution in [0.4, 0.5) is 17.3 Å². The summed E-state index contributed by atoms with van der Waals surface area (Å²) in [6.45, 7) is 0. The number of sulfonamides is 1. The summed E-state index contributed by atoms with van der Waals surface area (Å²) in [5, 5.41) is 13.6. The normalized spacial score (nSPS) is 10.8. The van der Waals surface area contributed by atoms with Crippen LogP contribution in [0.2, 0.25) is 0 Å². The standard InChI is InChI=1S/C18H15N5O6S/c1-29-16-8-3-12(11-15(16)23(25)26)17(24)21-13-4-6-14(7-5-13)30(27,28)22-18-19-9-2-10-20-18/h2-11H,1H3,(H,21,24)(H,19,20,22). The average molecular weight is 429 g/mol. The summed E-state index contributed by atoms with van der Waals surface area (Å²) in [4.78, 5) is 30.4. The molecule has 1 aromatic heterocycles. The SMILES string of the molecule is COc1ccc(C(=O)Nc2ccc(S(=O)(=O)Nc3ncccn3)cc2)cc1[N+](=O)[O-]. The van der Waals surface area contributed by atoms with Crippen LogP contribution in [0.1, 0.15) is 10.4 Å². The van der Waals surface area contributed by atoms with Gasteiger partial charge in [0, 0.05) is 29.7 Å². The fourth-order valence-electron chi connectivity index (χ4n) is 2.43. The number of amides is 1. The molecule has 0 spiro atoms. The van der Waals surface area contributed by atoms with Crippen molar-refractivity contribution in [2.24, 2.45) is 0 Å². The van der Waals surface area contributed by atoms with Crippen molar-refractivity contribution < 1.29 is 22.9 Å². The number of nitrogens with one attached hydrogen (secondary N) is 2. The van der Waals surface area contributed by atoms with Gasteiger partial charge in [-0.1, -0.05) is 0 Å². The number of carbonyl (C=O) groups is 1. The number of methoxy groups -OCH3 is 1. The van der Waals surface area contributed by atoms with Crippen LogP contribution >= 0.6 is 0 Å². The number of aromatic nitrogens is 2. The predicted molar refractivity (Wildman–Crippen MR) is 107 cm³/mol. The van der Waals surface area contributed by atoms with Gasteiger partial charge in [0.2, 0.25) is 5.95 Å². The largest absolute Gasteiger partial charge is 0.490 e. The van der Waals surface area contributed by atoms with E-state index in [1.54, 1.807) is 6.07 Å².